The molecule has 0 radical (unpaired) electrons. The molecule has 0 amide bonds. The fourth-order valence-electron chi connectivity index (χ4n) is 1.47. The highest BCUT2D eigenvalue weighted by atomic mass is 32.2. The summed E-state index contributed by atoms with van der Waals surface area (Å²) < 4.78 is 0. The second kappa shape index (κ2) is 5.81. The SMILES string of the molecule is CC(O)c1ccc(Sc2ccc([N+](=O)[O-])cc2)cn1. The first-order valence-electron chi connectivity index (χ1n) is 5.62. The molecule has 6 heteroatoms. The zero-order valence-corrected chi connectivity index (χ0v) is 11.0. The summed E-state index contributed by atoms with van der Waals surface area (Å²) in [5.41, 5.74) is 0.694. The fourth-order valence-corrected chi connectivity index (χ4v) is 2.26. The van der Waals surface area contributed by atoms with Gasteiger partial charge in [0.25, 0.3) is 5.69 Å². The second-order valence-corrected chi connectivity index (χ2v) is 5.09. The Hall–Kier alpha value is -1.92. The van der Waals surface area contributed by atoms with E-state index in [1.54, 1.807) is 31.3 Å². The van der Waals surface area contributed by atoms with E-state index in [9.17, 15) is 15.2 Å². The predicted molar refractivity (Wildman–Crippen MR) is 72.1 cm³/mol. The Balaban J connectivity index is 2.10. The third-order valence-electron chi connectivity index (χ3n) is 2.47. The number of hydrogen-bond acceptors (Lipinski definition) is 5. The van der Waals surface area contributed by atoms with Gasteiger partial charge in [-0.1, -0.05) is 11.8 Å². The zero-order chi connectivity index (χ0) is 13.8. The minimum absolute atomic E-state index is 0.0759. The molecule has 2 rings (SSSR count). The van der Waals surface area contributed by atoms with Crippen LogP contribution in [0.3, 0.4) is 0 Å². The maximum absolute atomic E-state index is 10.5. The number of nitro groups is 1. The van der Waals surface area contributed by atoms with Crippen molar-refractivity contribution in [1.29, 1.82) is 0 Å². The summed E-state index contributed by atoms with van der Waals surface area (Å²) >= 11 is 1.46. The predicted octanol–water partition coefficient (Wildman–Crippen LogP) is 3.19. The summed E-state index contributed by atoms with van der Waals surface area (Å²) in [7, 11) is 0. The lowest BCUT2D eigenvalue weighted by atomic mass is 10.2. The molecule has 1 atom stereocenters. The van der Waals surface area contributed by atoms with Crippen molar-refractivity contribution in [1.82, 2.24) is 4.98 Å². The molecule has 0 saturated heterocycles. The molecule has 0 aliphatic rings. The van der Waals surface area contributed by atoms with Gasteiger partial charge in [0.15, 0.2) is 0 Å². The Morgan fingerprint density at radius 3 is 2.32 bits per heavy atom. The molecule has 0 bridgehead atoms. The maximum atomic E-state index is 10.5. The Morgan fingerprint density at radius 2 is 1.84 bits per heavy atom. The number of non-ortho nitro benzene ring substituents is 1. The van der Waals surface area contributed by atoms with Gasteiger partial charge in [0, 0.05) is 28.1 Å². The summed E-state index contributed by atoms with van der Waals surface area (Å²) in [4.78, 5) is 16.1. The molecule has 1 aromatic carbocycles. The molecular weight excluding hydrogens is 264 g/mol. The molecule has 0 saturated carbocycles. The first-order chi connectivity index (χ1) is 9.06. The number of aromatic nitrogens is 1. The van der Waals surface area contributed by atoms with Crippen molar-refractivity contribution in [3.63, 3.8) is 0 Å². The number of hydrogen-bond donors (Lipinski definition) is 1. The topological polar surface area (TPSA) is 76.3 Å². The van der Waals surface area contributed by atoms with E-state index in [-0.39, 0.29) is 5.69 Å². The lowest BCUT2D eigenvalue weighted by Gasteiger charge is -2.05. The van der Waals surface area contributed by atoms with E-state index in [0.717, 1.165) is 9.79 Å². The summed E-state index contributed by atoms with van der Waals surface area (Å²) in [6.07, 6.45) is 1.09. The lowest BCUT2D eigenvalue weighted by Crippen LogP contribution is -1.94. The molecule has 0 aliphatic carbocycles. The minimum atomic E-state index is -0.585. The molecule has 0 spiro atoms. The van der Waals surface area contributed by atoms with Crippen LogP contribution in [0.15, 0.2) is 52.4 Å². The van der Waals surface area contributed by atoms with Crippen molar-refractivity contribution in [2.75, 3.05) is 0 Å². The quantitative estimate of drug-likeness (QED) is 0.685. The van der Waals surface area contributed by atoms with Gasteiger partial charge >= 0.3 is 0 Å². The number of aliphatic hydroxyl groups excluding tert-OH is 1. The molecule has 2 aromatic rings. The molecule has 98 valence electrons. The average molecular weight is 276 g/mol. The maximum Gasteiger partial charge on any atom is 0.269 e. The molecule has 1 N–H and O–H groups in total. The van der Waals surface area contributed by atoms with E-state index in [1.807, 2.05) is 6.07 Å². The molecule has 0 aliphatic heterocycles. The van der Waals surface area contributed by atoms with Gasteiger partial charge in [0.1, 0.15) is 0 Å². The van der Waals surface area contributed by atoms with Gasteiger partial charge < -0.3 is 5.11 Å². The molecule has 1 aromatic heterocycles. The average Bonchev–Trinajstić information content (AvgIpc) is 2.40. The van der Waals surface area contributed by atoms with Gasteiger partial charge in [0.05, 0.1) is 16.7 Å². The van der Waals surface area contributed by atoms with Gasteiger partial charge in [0.2, 0.25) is 0 Å². The number of aliphatic hydroxyl groups is 1. The molecule has 0 fully saturated rings. The van der Waals surface area contributed by atoms with Crippen LogP contribution in [0.25, 0.3) is 0 Å². The molecule has 19 heavy (non-hydrogen) atoms. The van der Waals surface area contributed by atoms with E-state index in [1.165, 1.54) is 23.9 Å². The second-order valence-electron chi connectivity index (χ2n) is 3.95. The van der Waals surface area contributed by atoms with E-state index < -0.39 is 11.0 Å². The van der Waals surface area contributed by atoms with Crippen LogP contribution in [-0.4, -0.2) is 15.0 Å². The van der Waals surface area contributed by atoms with Crippen LogP contribution in [0.2, 0.25) is 0 Å². The highest BCUT2D eigenvalue weighted by molar-refractivity contribution is 7.99. The Morgan fingerprint density at radius 1 is 1.21 bits per heavy atom. The first kappa shape index (κ1) is 13.5. The van der Waals surface area contributed by atoms with Gasteiger partial charge in [-0.3, -0.25) is 15.1 Å². The largest absolute Gasteiger partial charge is 0.387 e. The van der Waals surface area contributed by atoms with Crippen LogP contribution in [0.1, 0.15) is 18.7 Å². The molecular formula is C13H12N2O3S. The van der Waals surface area contributed by atoms with Crippen LogP contribution in [0.4, 0.5) is 5.69 Å². The highest BCUT2D eigenvalue weighted by Crippen LogP contribution is 2.28. The molecule has 1 unspecified atom stereocenters. The number of pyridine rings is 1. The Labute approximate surface area is 114 Å². The van der Waals surface area contributed by atoms with E-state index in [2.05, 4.69) is 4.98 Å². The zero-order valence-electron chi connectivity index (χ0n) is 10.2. The normalized spacial score (nSPS) is 12.1. The summed E-state index contributed by atoms with van der Waals surface area (Å²) in [6.45, 7) is 1.66. The monoisotopic (exact) mass is 276 g/mol. The number of benzene rings is 1. The van der Waals surface area contributed by atoms with E-state index in [0.29, 0.717) is 5.69 Å². The molecule has 1 heterocycles. The standard InChI is InChI=1S/C13H12N2O3S/c1-9(16)13-7-6-12(8-14-13)19-11-4-2-10(3-5-11)15(17)18/h2-9,16H,1H3. The van der Waals surface area contributed by atoms with Crippen molar-refractivity contribution < 1.29 is 10.0 Å². The summed E-state index contributed by atoms with van der Waals surface area (Å²) in [5, 5.41) is 19.9. The molecule has 5 nitrogen and oxygen atoms in total. The van der Waals surface area contributed by atoms with Gasteiger partial charge in [-0.15, -0.1) is 0 Å². The van der Waals surface area contributed by atoms with Crippen molar-refractivity contribution >= 4 is 17.4 Å². The van der Waals surface area contributed by atoms with Crippen molar-refractivity contribution in [2.45, 2.75) is 22.8 Å². The summed E-state index contributed by atoms with van der Waals surface area (Å²) in [6, 6.07) is 9.97. The van der Waals surface area contributed by atoms with Crippen molar-refractivity contribution in [2.24, 2.45) is 0 Å². The van der Waals surface area contributed by atoms with Crippen LogP contribution < -0.4 is 0 Å². The van der Waals surface area contributed by atoms with Crippen molar-refractivity contribution in [3.05, 3.63) is 58.4 Å². The van der Waals surface area contributed by atoms with Crippen LogP contribution >= 0.6 is 11.8 Å². The Bertz CT molecular complexity index is 567. The minimum Gasteiger partial charge on any atom is -0.387 e. The number of nitrogens with zero attached hydrogens (tertiary/aromatic N) is 2. The first-order valence-corrected chi connectivity index (χ1v) is 6.44. The fraction of sp³-hybridized carbons (Fsp3) is 0.154. The van der Waals surface area contributed by atoms with E-state index in [4.69, 9.17) is 0 Å². The van der Waals surface area contributed by atoms with Crippen LogP contribution in [0.5, 0.6) is 0 Å². The van der Waals surface area contributed by atoms with E-state index >= 15 is 0 Å². The van der Waals surface area contributed by atoms with Gasteiger partial charge in [-0.2, -0.15) is 0 Å². The van der Waals surface area contributed by atoms with Gasteiger partial charge in [-0.25, -0.2) is 0 Å². The smallest absolute Gasteiger partial charge is 0.269 e. The van der Waals surface area contributed by atoms with Crippen LogP contribution in [-0.2, 0) is 0 Å². The lowest BCUT2D eigenvalue weighted by molar-refractivity contribution is -0.384. The summed E-state index contributed by atoms with van der Waals surface area (Å²) in [5.74, 6) is 0. The third-order valence-corrected chi connectivity index (χ3v) is 3.46. The highest BCUT2D eigenvalue weighted by Gasteiger charge is 2.06. The van der Waals surface area contributed by atoms with Crippen LogP contribution in [0, 0.1) is 10.1 Å². The van der Waals surface area contributed by atoms with Crippen molar-refractivity contribution in [3.8, 4) is 0 Å². The third kappa shape index (κ3) is 3.52. The number of nitro benzene ring substituents is 1. The Kier molecular flexibility index (Phi) is 4.13. The van der Waals surface area contributed by atoms with Gasteiger partial charge in [-0.05, 0) is 31.2 Å². The number of rotatable bonds is 4.